The van der Waals surface area contributed by atoms with Crippen LogP contribution in [0.1, 0.15) is 38.5 Å². The summed E-state index contributed by atoms with van der Waals surface area (Å²) in [7, 11) is 0. The number of halogens is 2. The maximum Gasteiger partial charge on any atom is 0.250 e. The Balaban J connectivity index is 0.00000112. The molecule has 3 heterocycles. The molecule has 3 unspecified atom stereocenters. The topological polar surface area (TPSA) is 53.4 Å². The lowest BCUT2D eigenvalue weighted by Crippen LogP contribution is -2.60. The zero-order chi connectivity index (χ0) is 17.6. The predicted molar refractivity (Wildman–Crippen MR) is 114 cm³/mol. The van der Waals surface area contributed by atoms with Crippen LogP contribution < -0.4 is 5.32 Å². The highest BCUT2D eigenvalue weighted by molar-refractivity contribution is 5.86. The molecule has 3 atom stereocenters. The molecule has 1 aromatic rings. The summed E-state index contributed by atoms with van der Waals surface area (Å²) in [6, 6.07) is 2.73. The van der Waals surface area contributed by atoms with Gasteiger partial charge in [-0.2, -0.15) is 5.10 Å². The summed E-state index contributed by atoms with van der Waals surface area (Å²) >= 11 is 0. The third kappa shape index (κ3) is 3.69. The van der Waals surface area contributed by atoms with Crippen LogP contribution in [0.15, 0.2) is 18.5 Å². The summed E-state index contributed by atoms with van der Waals surface area (Å²) in [5.74, 6) is 2.21. The van der Waals surface area contributed by atoms with Gasteiger partial charge in [0.1, 0.15) is 5.54 Å². The van der Waals surface area contributed by atoms with Crippen LogP contribution in [0.25, 0.3) is 0 Å². The molecule has 0 aromatic carbocycles. The van der Waals surface area contributed by atoms with Gasteiger partial charge in [0.15, 0.2) is 0 Å². The Morgan fingerprint density at radius 2 is 1.79 bits per heavy atom. The number of nitrogens with zero attached hydrogens (tertiary/aromatic N) is 4. The molecular weight excluding hydrogens is 397 g/mol. The van der Waals surface area contributed by atoms with Crippen LogP contribution in [-0.4, -0.2) is 70.8 Å². The van der Waals surface area contributed by atoms with Crippen molar-refractivity contribution in [3.05, 3.63) is 18.5 Å². The number of nitrogens with one attached hydrogen (secondary N) is 1. The van der Waals surface area contributed by atoms with Gasteiger partial charge in [0.25, 0.3) is 5.91 Å². The van der Waals surface area contributed by atoms with Gasteiger partial charge in [-0.05, 0) is 63.1 Å². The lowest BCUT2D eigenvalue weighted by Gasteiger charge is -2.45. The maximum absolute atomic E-state index is 13.5. The van der Waals surface area contributed by atoms with Crippen LogP contribution in [0, 0.1) is 11.8 Å². The summed E-state index contributed by atoms with van der Waals surface area (Å²) in [4.78, 5) is 18.4. The second kappa shape index (κ2) is 8.90. The average Bonchev–Trinajstić information content (AvgIpc) is 3.46. The van der Waals surface area contributed by atoms with E-state index in [-0.39, 0.29) is 30.7 Å². The molecule has 8 heteroatoms. The van der Waals surface area contributed by atoms with Crippen molar-refractivity contribution in [2.75, 3.05) is 39.3 Å². The summed E-state index contributed by atoms with van der Waals surface area (Å²) in [6.07, 6.45) is 11.2. The summed E-state index contributed by atoms with van der Waals surface area (Å²) in [6.45, 7) is 5.62. The SMILES string of the molecule is Cl.Cl.O=C(N1CCN(C2CC3CCC2C3)CC1)C1(n2cccn2)CCNCC1. The van der Waals surface area contributed by atoms with E-state index in [1.807, 2.05) is 16.9 Å². The predicted octanol–water partition coefficient (Wildman–Crippen LogP) is 2.14. The zero-order valence-electron chi connectivity index (χ0n) is 16.5. The van der Waals surface area contributed by atoms with Gasteiger partial charge in [-0.25, -0.2) is 0 Å². The molecule has 158 valence electrons. The maximum atomic E-state index is 13.5. The number of piperazine rings is 1. The van der Waals surface area contributed by atoms with Crippen LogP contribution in [0.3, 0.4) is 0 Å². The van der Waals surface area contributed by atoms with Crippen molar-refractivity contribution in [3.63, 3.8) is 0 Å². The molecule has 1 aromatic heterocycles. The second-order valence-electron chi connectivity index (χ2n) is 8.80. The van der Waals surface area contributed by atoms with Crippen molar-refractivity contribution >= 4 is 30.7 Å². The fourth-order valence-corrected chi connectivity index (χ4v) is 6.11. The number of carbonyl (C=O) groups is 1. The van der Waals surface area contributed by atoms with Gasteiger partial charge in [0.2, 0.25) is 0 Å². The number of amides is 1. The van der Waals surface area contributed by atoms with Crippen molar-refractivity contribution in [3.8, 4) is 0 Å². The molecule has 2 saturated carbocycles. The normalized spacial score (nSPS) is 31.9. The molecule has 6 nitrogen and oxygen atoms in total. The van der Waals surface area contributed by atoms with E-state index in [4.69, 9.17) is 0 Å². The van der Waals surface area contributed by atoms with E-state index in [2.05, 4.69) is 20.2 Å². The number of fused-ring (bicyclic) bond motifs is 2. The van der Waals surface area contributed by atoms with Gasteiger partial charge in [-0.1, -0.05) is 6.42 Å². The molecular formula is C20H33Cl2N5O. The van der Waals surface area contributed by atoms with Crippen molar-refractivity contribution in [1.29, 1.82) is 0 Å². The molecule has 0 radical (unpaired) electrons. The standard InChI is InChI=1S/C20H31N5O.2ClH/c26-19(20(4-7-21-8-5-20)25-9-1-6-22-25)24-12-10-23(11-13-24)18-15-16-2-3-17(18)14-16;;/h1,6,9,16-18,21H,2-5,7-8,10-15H2;2*1H. The minimum absolute atomic E-state index is 0. The van der Waals surface area contributed by atoms with Gasteiger partial charge in [-0.3, -0.25) is 14.4 Å². The van der Waals surface area contributed by atoms with E-state index in [0.29, 0.717) is 0 Å². The first-order chi connectivity index (χ1) is 12.8. The lowest BCUT2D eigenvalue weighted by atomic mass is 9.86. The Morgan fingerprint density at radius 3 is 2.36 bits per heavy atom. The van der Waals surface area contributed by atoms with Crippen molar-refractivity contribution in [1.82, 2.24) is 24.9 Å². The lowest BCUT2D eigenvalue weighted by molar-refractivity contribution is -0.145. The van der Waals surface area contributed by atoms with Gasteiger partial charge >= 0.3 is 0 Å². The Bertz CT molecular complexity index is 641. The van der Waals surface area contributed by atoms with Crippen LogP contribution in [0.2, 0.25) is 0 Å². The Hall–Kier alpha value is -0.820. The first-order valence-electron chi connectivity index (χ1n) is 10.5. The third-order valence-electron chi connectivity index (χ3n) is 7.54. The Kier molecular flexibility index (Phi) is 6.96. The van der Waals surface area contributed by atoms with Crippen molar-refractivity contribution < 1.29 is 4.79 Å². The number of carbonyl (C=O) groups excluding carboxylic acids is 1. The largest absolute Gasteiger partial charge is 0.338 e. The number of rotatable bonds is 3. The minimum Gasteiger partial charge on any atom is -0.338 e. The summed E-state index contributed by atoms with van der Waals surface area (Å²) in [5.41, 5.74) is -0.483. The van der Waals surface area contributed by atoms with E-state index < -0.39 is 5.54 Å². The number of hydrogen-bond donors (Lipinski definition) is 1. The van der Waals surface area contributed by atoms with Gasteiger partial charge < -0.3 is 10.2 Å². The molecule has 0 spiro atoms. The van der Waals surface area contributed by atoms with E-state index in [1.54, 1.807) is 6.20 Å². The summed E-state index contributed by atoms with van der Waals surface area (Å²) in [5, 5.41) is 7.86. The average molecular weight is 430 g/mol. The molecule has 1 N–H and O–H groups in total. The molecule has 4 aliphatic rings. The van der Waals surface area contributed by atoms with E-state index in [1.165, 1.54) is 25.7 Å². The molecule has 2 saturated heterocycles. The molecule has 5 rings (SSSR count). The molecule has 1 amide bonds. The van der Waals surface area contributed by atoms with E-state index in [0.717, 1.165) is 70.0 Å². The number of piperidine rings is 1. The third-order valence-corrected chi connectivity index (χ3v) is 7.54. The number of hydrogen-bond acceptors (Lipinski definition) is 4. The highest BCUT2D eigenvalue weighted by atomic mass is 35.5. The molecule has 2 aliphatic heterocycles. The number of aromatic nitrogens is 2. The van der Waals surface area contributed by atoms with Crippen LogP contribution >= 0.6 is 24.8 Å². The summed E-state index contributed by atoms with van der Waals surface area (Å²) < 4.78 is 1.93. The van der Waals surface area contributed by atoms with Crippen molar-refractivity contribution in [2.45, 2.75) is 50.1 Å². The first kappa shape index (κ1) is 21.9. The first-order valence-corrected chi connectivity index (χ1v) is 10.5. The fourth-order valence-electron chi connectivity index (χ4n) is 6.11. The highest BCUT2D eigenvalue weighted by Crippen LogP contribution is 2.46. The molecule has 4 fully saturated rings. The van der Waals surface area contributed by atoms with Gasteiger partial charge in [0.05, 0.1) is 0 Å². The molecule has 28 heavy (non-hydrogen) atoms. The zero-order valence-corrected chi connectivity index (χ0v) is 18.1. The van der Waals surface area contributed by atoms with Crippen LogP contribution in [0.4, 0.5) is 0 Å². The molecule has 2 aliphatic carbocycles. The molecule has 2 bridgehead atoms. The minimum atomic E-state index is -0.483. The quantitative estimate of drug-likeness (QED) is 0.799. The van der Waals surface area contributed by atoms with E-state index >= 15 is 0 Å². The van der Waals surface area contributed by atoms with Gasteiger partial charge in [-0.15, -0.1) is 24.8 Å². The van der Waals surface area contributed by atoms with Crippen molar-refractivity contribution in [2.24, 2.45) is 11.8 Å². The van der Waals surface area contributed by atoms with E-state index in [9.17, 15) is 4.79 Å². The Labute approximate surface area is 180 Å². The highest BCUT2D eigenvalue weighted by Gasteiger charge is 2.47. The van der Waals surface area contributed by atoms with Gasteiger partial charge in [0, 0.05) is 44.6 Å². The smallest absolute Gasteiger partial charge is 0.250 e. The monoisotopic (exact) mass is 429 g/mol. The fraction of sp³-hybridized carbons (Fsp3) is 0.800. The van der Waals surface area contributed by atoms with Crippen LogP contribution in [0.5, 0.6) is 0 Å². The Morgan fingerprint density at radius 1 is 1.04 bits per heavy atom. The second-order valence-corrected chi connectivity index (χ2v) is 8.80. The van der Waals surface area contributed by atoms with Crippen LogP contribution in [-0.2, 0) is 10.3 Å².